The SMILES string of the molecule is CC.NCCc1nn[nH]n1.[HH].[HH]. The molecule has 5 heteroatoms. The molecule has 1 rings (SSSR count). The van der Waals surface area contributed by atoms with Crippen LogP contribution in [-0.2, 0) is 6.42 Å². The van der Waals surface area contributed by atoms with Crippen LogP contribution in [0.2, 0.25) is 0 Å². The van der Waals surface area contributed by atoms with Crippen molar-refractivity contribution < 1.29 is 2.85 Å². The maximum absolute atomic E-state index is 5.20. The van der Waals surface area contributed by atoms with Gasteiger partial charge in [0.05, 0.1) is 0 Å². The van der Waals surface area contributed by atoms with E-state index in [1.54, 1.807) is 0 Å². The predicted octanol–water partition coefficient (Wildman–Crippen LogP) is 0.219. The summed E-state index contributed by atoms with van der Waals surface area (Å²) in [7, 11) is 0. The molecule has 5 nitrogen and oxygen atoms in total. The summed E-state index contributed by atoms with van der Waals surface area (Å²) in [5.74, 6) is 0.674. The van der Waals surface area contributed by atoms with E-state index in [9.17, 15) is 0 Å². The van der Waals surface area contributed by atoms with E-state index in [-0.39, 0.29) is 2.85 Å². The second kappa shape index (κ2) is 6.15. The molecule has 0 bridgehead atoms. The molecule has 10 heavy (non-hydrogen) atoms. The highest BCUT2D eigenvalue weighted by Crippen LogP contribution is 1.79. The Balaban J connectivity index is -0.000000189. The number of nitrogens with one attached hydrogen (secondary N) is 1. The van der Waals surface area contributed by atoms with Crippen LogP contribution >= 0.6 is 0 Å². The van der Waals surface area contributed by atoms with Gasteiger partial charge in [-0.3, -0.25) is 0 Å². The third kappa shape index (κ3) is 3.13. The molecule has 1 heterocycles. The lowest BCUT2D eigenvalue weighted by Gasteiger charge is -1.81. The highest BCUT2D eigenvalue weighted by molar-refractivity contribution is 4.75. The first-order valence-corrected chi connectivity index (χ1v) is 3.36. The molecule has 1 aromatic rings. The second-order valence-electron chi connectivity index (χ2n) is 1.37. The van der Waals surface area contributed by atoms with Gasteiger partial charge in [0.1, 0.15) is 0 Å². The Labute approximate surface area is 63.0 Å². The van der Waals surface area contributed by atoms with E-state index < -0.39 is 0 Å². The molecular formula is C5H17N5. The van der Waals surface area contributed by atoms with Gasteiger partial charge < -0.3 is 5.73 Å². The fourth-order valence-electron chi connectivity index (χ4n) is 0.418. The van der Waals surface area contributed by atoms with E-state index in [4.69, 9.17) is 5.73 Å². The lowest BCUT2D eigenvalue weighted by molar-refractivity contribution is 0.874. The van der Waals surface area contributed by atoms with Crippen LogP contribution in [0, 0.1) is 0 Å². The van der Waals surface area contributed by atoms with Gasteiger partial charge in [-0.2, -0.15) is 5.21 Å². The Morgan fingerprint density at radius 2 is 2.30 bits per heavy atom. The summed E-state index contributed by atoms with van der Waals surface area (Å²) in [6.07, 6.45) is 0.691. The molecule has 0 aliphatic heterocycles. The second-order valence-corrected chi connectivity index (χ2v) is 1.37. The standard InChI is InChI=1S/C3H7N5.C2H6.2H2/c4-2-1-3-5-7-8-6-3;1-2;;/h1-2,4H2,(H,5,6,7,8);1-2H3;2*1H. The molecule has 0 aliphatic rings. The van der Waals surface area contributed by atoms with Crippen LogP contribution in [0.25, 0.3) is 0 Å². The van der Waals surface area contributed by atoms with Crippen LogP contribution in [0.1, 0.15) is 22.5 Å². The summed E-state index contributed by atoms with van der Waals surface area (Å²) in [5, 5.41) is 13.0. The fraction of sp³-hybridized carbons (Fsp3) is 0.800. The van der Waals surface area contributed by atoms with Crippen molar-refractivity contribution in [3.05, 3.63) is 5.82 Å². The minimum absolute atomic E-state index is 0. The van der Waals surface area contributed by atoms with Gasteiger partial charge in [0.15, 0.2) is 5.82 Å². The first-order valence-electron chi connectivity index (χ1n) is 3.36. The largest absolute Gasteiger partial charge is 0.330 e. The smallest absolute Gasteiger partial charge is 0.175 e. The van der Waals surface area contributed by atoms with Crippen LogP contribution in [-0.4, -0.2) is 27.2 Å². The number of hydrogen-bond donors (Lipinski definition) is 2. The maximum Gasteiger partial charge on any atom is 0.175 e. The van der Waals surface area contributed by atoms with Crippen molar-refractivity contribution >= 4 is 0 Å². The average molecular weight is 147 g/mol. The number of aromatic amines is 1. The number of rotatable bonds is 2. The lowest BCUT2D eigenvalue weighted by Crippen LogP contribution is -2.03. The van der Waals surface area contributed by atoms with Gasteiger partial charge in [-0.25, -0.2) is 0 Å². The molecule has 0 spiro atoms. The van der Waals surface area contributed by atoms with Crippen molar-refractivity contribution in [3.63, 3.8) is 0 Å². The minimum Gasteiger partial charge on any atom is -0.330 e. The molecule has 0 saturated heterocycles. The first-order chi connectivity index (χ1) is 4.93. The summed E-state index contributed by atoms with van der Waals surface area (Å²) in [6, 6.07) is 0. The zero-order valence-electron chi connectivity index (χ0n) is 6.33. The zero-order valence-corrected chi connectivity index (χ0v) is 6.33. The van der Waals surface area contributed by atoms with Gasteiger partial charge in [0, 0.05) is 9.27 Å². The number of nitrogens with two attached hydrogens (primary N) is 1. The number of H-pyrrole nitrogens is 1. The van der Waals surface area contributed by atoms with Crippen LogP contribution in [0.5, 0.6) is 0 Å². The summed E-state index contributed by atoms with van der Waals surface area (Å²) in [4.78, 5) is 0. The molecule has 0 atom stereocenters. The zero-order chi connectivity index (χ0) is 7.82. The van der Waals surface area contributed by atoms with Gasteiger partial charge in [0.25, 0.3) is 0 Å². The molecule has 0 amide bonds. The Hall–Kier alpha value is -0.970. The van der Waals surface area contributed by atoms with Crippen molar-refractivity contribution in [1.82, 2.24) is 20.6 Å². The molecule has 3 N–H and O–H groups in total. The Kier molecular flexibility index (Phi) is 5.56. The number of tetrazole rings is 1. The van der Waals surface area contributed by atoms with Crippen LogP contribution in [0.4, 0.5) is 0 Å². The van der Waals surface area contributed by atoms with E-state index in [2.05, 4.69) is 20.6 Å². The third-order valence-electron chi connectivity index (χ3n) is 0.757. The van der Waals surface area contributed by atoms with Gasteiger partial charge >= 0.3 is 0 Å². The number of hydrogen-bond acceptors (Lipinski definition) is 4. The van der Waals surface area contributed by atoms with E-state index >= 15 is 0 Å². The van der Waals surface area contributed by atoms with Crippen LogP contribution < -0.4 is 5.73 Å². The molecular weight excluding hydrogens is 130 g/mol. The molecule has 0 saturated carbocycles. The third-order valence-corrected chi connectivity index (χ3v) is 0.757. The summed E-state index contributed by atoms with van der Waals surface area (Å²) >= 11 is 0. The first kappa shape index (κ1) is 9.03. The maximum atomic E-state index is 5.20. The van der Waals surface area contributed by atoms with Crippen molar-refractivity contribution in [3.8, 4) is 0 Å². The summed E-state index contributed by atoms with van der Waals surface area (Å²) < 4.78 is 0. The van der Waals surface area contributed by atoms with Gasteiger partial charge in [-0.05, 0) is 6.54 Å². The van der Waals surface area contributed by atoms with E-state index in [0.717, 1.165) is 0 Å². The van der Waals surface area contributed by atoms with Crippen LogP contribution in [0.15, 0.2) is 0 Å². The van der Waals surface area contributed by atoms with Gasteiger partial charge in [-0.15, -0.1) is 10.2 Å². The van der Waals surface area contributed by atoms with E-state index in [1.165, 1.54) is 0 Å². The normalized spacial score (nSPS) is 8.30. The average Bonchev–Trinajstić information content (AvgIpc) is 2.46. The Bertz CT molecular complexity index is 144. The Morgan fingerprint density at radius 1 is 1.60 bits per heavy atom. The van der Waals surface area contributed by atoms with E-state index in [1.807, 2.05) is 13.8 Å². The quantitative estimate of drug-likeness (QED) is 0.627. The molecule has 0 aliphatic carbocycles. The molecule has 0 aromatic carbocycles. The topological polar surface area (TPSA) is 80.5 Å². The van der Waals surface area contributed by atoms with E-state index in [0.29, 0.717) is 18.8 Å². The minimum atomic E-state index is 0. The molecule has 0 unspecified atom stereocenters. The molecule has 1 aromatic heterocycles. The highest BCUT2D eigenvalue weighted by atomic mass is 15.5. The summed E-state index contributed by atoms with van der Waals surface area (Å²) in [6.45, 7) is 4.57. The van der Waals surface area contributed by atoms with Crippen molar-refractivity contribution in [2.75, 3.05) is 6.54 Å². The molecule has 0 radical (unpaired) electrons. The fourth-order valence-corrected chi connectivity index (χ4v) is 0.418. The van der Waals surface area contributed by atoms with Gasteiger partial charge in [0.2, 0.25) is 0 Å². The monoisotopic (exact) mass is 147 g/mol. The Morgan fingerprint density at radius 3 is 2.70 bits per heavy atom. The number of nitrogens with zero attached hydrogens (tertiary/aromatic N) is 3. The summed E-state index contributed by atoms with van der Waals surface area (Å²) in [5.41, 5.74) is 5.20. The number of aromatic nitrogens is 4. The van der Waals surface area contributed by atoms with Gasteiger partial charge in [-0.1, -0.05) is 19.1 Å². The molecule has 0 fully saturated rings. The van der Waals surface area contributed by atoms with Crippen molar-refractivity contribution in [1.29, 1.82) is 0 Å². The predicted molar refractivity (Wildman–Crippen MR) is 42.5 cm³/mol. The van der Waals surface area contributed by atoms with Crippen molar-refractivity contribution in [2.24, 2.45) is 5.73 Å². The highest BCUT2D eigenvalue weighted by Gasteiger charge is 1.91. The van der Waals surface area contributed by atoms with Crippen molar-refractivity contribution in [2.45, 2.75) is 20.3 Å². The lowest BCUT2D eigenvalue weighted by atomic mass is 10.4. The van der Waals surface area contributed by atoms with Crippen LogP contribution in [0.3, 0.4) is 0 Å². The molecule has 62 valence electrons.